The first kappa shape index (κ1) is 18.8. The van der Waals surface area contributed by atoms with Crippen molar-refractivity contribution in [2.75, 3.05) is 0 Å². The third-order valence-electron chi connectivity index (χ3n) is 3.04. The Morgan fingerprint density at radius 2 is 1.05 bits per heavy atom. The Labute approximate surface area is 129 Å². The summed E-state index contributed by atoms with van der Waals surface area (Å²) in [4.78, 5) is 0. The van der Waals surface area contributed by atoms with Crippen molar-refractivity contribution in [3.63, 3.8) is 0 Å². The van der Waals surface area contributed by atoms with Gasteiger partial charge in [-0.15, -0.1) is 0 Å². The molecular formula is C12H31O4Si4. The van der Waals surface area contributed by atoms with Crippen LogP contribution in [-0.2, 0) is 16.5 Å². The molecule has 0 aliphatic carbocycles. The highest BCUT2D eigenvalue weighted by Gasteiger charge is 2.51. The van der Waals surface area contributed by atoms with Crippen LogP contribution < -0.4 is 0 Å². The summed E-state index contributed by atoms with van der Waals surface area (Å²) in [5.41, 5.74) is 0. The Bertz CT molecular complexity index is 311. The van der Waals surface area contributed by atoms with Crippen LogP contribution in [0.15, 0.2) is 0 Å². The molecule has 1 radical (unpaired) electrons. The molecule has 119 valence electrons. The number of hydrogen-bond acceptors (Lipinski definition) is 4. The summed E-state index contributed by atoms with van der Waals surface area (Å²) >= 11 is 0. The van der Waals surface area contributed by atoms with Crippen LogP contribution in [0.5, 0.6) is 0 Å². The van der Waals surface area contributed by atoms with Crippen LogP contribution >= 0.6 is 0 Å². The van der Waals surface area contributed by atoms with E-state index in [1.54, 1.807) is 0 Å². The van der Waals surface area contributed by atoms with Crippen LogP contribution in [0, 0.1) is 6.92 Å². The van der Waals surface area contributed by atoms with Gasteiger partial charge < -0.3 is 16.5 Å². The van der Waals surface area contributed by atoms with Crippen molar-refractivity contribution in [3.8, 4) is 0 Å². The van der Waals surface area contributed by atoms with Gasteiger partial charge in [-0.25, -0.2) is 0 Å². The van der Waals surface area contributed by atoms with E-state index >= 15 is 0 Å². The second-order valence-electron chi connectivity index (χ2n) is 7.05. The van der Waals surface area contributed by atoms with Crippen LogP contribution in [0.2, 0.25) is 51.9 Å². The maximum Gasteiger partial charge on any atom is 0.317 e. The molecule has 0 unspecified atom stereocenters. The average molecular weight is 352 g/mol. The third-order valence-corrected chi connectivity index (χ3v) is 19.6. The maximum atomic E-state index is 6.49. The zero-order valence-electron chi connectivity index (χ0n) is 14.2. The lowest BCUT2D eigenvalue weighted by molar-refractivity contribution is 0.233. The van der Waals surface area contributed by atoms with Crippen LogP contribution in [0.1, 0.15) is 19.3 Å². The number of hydrogen-bond donors (Lipinski definition) is 0. The summed E-state index contributed by atoms with van der Waals surface area (Å²) in [6.07, 6.45) is 3.21. The maximum absolute atomic E-state index is 6.49. The van der Waals surface area contributed by atoms with Gasteiger partial charge in [0.05, 0.1) is 0 Å². The quantitative estimate of drug-likeness (QED) is 0.560. The van der Waals surface area contributed by atoms with Crippen molar-refractivity contribution in [1.29, 1.82) is 0 Å². The van der Waals surface area contributed by atoms with Crippen LogP contribution in [0.4, 0.5) is 0 Å². The molecule has 4 nitrogen and oxygen atoms in total. The highest BCUT2D eigenvalue weighted by atomic mass is 28.5. The molecule has 1 fully saturated rings. The van der Waals surface area contributed by atoms with Crippen molar-refractivity contribution < 1.29 is 16.5 Å². The first-order chi connectivity index (χ1) is 8.89. The fourth-order valence-electron chi connectivity index (χ4n) is 3.03. The molecular weight excluding hydrogens is 320 g/mol. The van der Waals surface area contributed by atoms with Crippen LogP contribution in [-0.4, -0.2) is 34.2 Å². The monoisotopic (exact) mass is 351 g/mol. The van der Waals surface area contributed by atoms with Gasteiger partial charge in [0.15, 0.2) is 0 Å². The number of unbranched alkanes of at least 4 members (excludes halogenated alkanes) is 2. The van der Waals surface area contributed by atoms with Gasteiger partial charge in [-0.2, -0.15) is 0 Å². The molecule has 1 aliphatic heterocycles. The highest BCUT2D eigenvalue weighted by molar-refractivity contribution is 6.93. The lowest BCUT2D eigenvalue weighted by atomic mass is 10.3. The van der Waals surface area contributed by atoms with Crippen LogP contribution in [0.3, 0.4) is 0 Å². The van der Waals surface area contributed by atoms with Crippen LogP contribution in [0.25, 0.3) is 0 Å². The minimum absolute atomic E-state index is 0.971. The van der Waals surface area contributed by atoms with Gasteiger partial charge in [-0.05, 0) is 51.9 Å². The Hall–Kier alpha value is 0.708. The predicted molar refractivity (Wildman–Crippen MR) is 92.4 cm³/mol. The van der Waals surface area contributed by atoms with E-state index in [-0.39, 0.29) is 0 Å². The zero-order valence-corrected chi connectivity index (χ0v) is 18.2. The summed E-state index contributed by atoms with van der Waals surface area (Å²) in [5.74, 6) is 0. The van der Waals surface area contributed by atoms with Gasteiger partial charge in [0, 0.05) is 0 Å². The molecule has 0 aromatic carbocycles. The van der Waals surface area contributed by atoms with Gasteiger partial charge in [0.2, 0.25) is 0 Å². The van der Waals surface area contributed by atoms with Gasteiger partial charge in [0.25, 0.3) is 0 Å². The van der Waals surface area contributed by atoms with Crippen molar-refractivity contribution in [2.24, 2.45) is 0 Å². The molecule has 0 aromatic rings. The first-order valence-corrected chi connectivity index (χ1v) is 18.5. The summed E-state index contributed by atoms with van der Waals surface area (Å²) in [6.45, 7) is 18.7. The van der Waals surface area contributed by atoms with Gasteiger partial charge in [-0.1, -0.05) is 26.2 Å². The smallest absolute Gasteiger partial charge is 0.317 e. The molecule has 0 amide bonds. The van der Waals surface area contributed by atoms with E-state index in [1.807, 2.05) is 0 Å². The van der Waals surface area contributed by atoms with E-state index in [9.17, 15) is 0 Å². The van der Waals surface area contributed by atoms with Crippen molar-refractivity contribution >= 4 is 34.2 Å². The van der Waals surface area contributed by atoms with E-state index in [0.29, 0.717) is 0 Å². The fourth-order valence-corrected chi connectivity index (χ4v) is 24.7. The molecule has 0 spiro atoms. The standard InChI is InChI=1S/C12H31O4Si4/c1-9-10-11-12-20(8)15-18(4,5)13-17(2,3)14-19(6,7)16-20/h1,9-12H2,2-8H3. The average Bonchev–Trinajstić information content (AvgIpc) is 2.08. The molecule has 1 heterocycles. The van der Waals surface area contributed by atoms with Crippen molar-refractivity contribution in [2.45, 2.75) is 71.1 Å². The van der Waals surface area contributed by atoms with E-state index < -0.39 is 34.2 Å². The SMILES string of the molecule is [CH2]CCCC[Si]1(C)O[Si](C)(C)O[Si](C)(C)O[Si](C)(C)O1. The van der Waals surface area contributed by atoms with E-state index in [4.69, 9.17) is 16.5 Å². The molecule has 8 heteroatoms. The summed E-state index contributed by atoms with van der Waals surface area (Å²) in [6, 6.07) is 1.00. The molecule has 1 saturated heterocycles. The Morgan fingerprint density at radius 3 is 1.45 bits per heavy atom. The second-order valence-corrected chi connectivity index (χ2v) is 21.5. The Balaban J connectivity index is 2.90. The van der Waals surface area contributed by atoms with Crippen molar-refractivity contribution in [1.82, 2.24) is 0 Å². The Kier molecular flexibility index (Phi) is 6.05. The minimum Gasteiger partial charge on any atom is -0.416 e. The topological polar surface area (TPSA) is 36.9 Å². The predicted octanol–water partition coefficient (Wildman–Crippen LogP) is 4.25. The minimum atomic E-state index is -2.22. The molecule has 0 bridgehead atoms. The summed E-state index contributed by atoms with van der Waals surface area (Å²) in [5, 5.41) is 0. The van der Waals surface area contributed by atoms with Gasteiger partial charge in [0.1, 0.15) is 0 Å². The second kappa shape index (κ2) is 6.45. The summed E-state index contributed by atoms with van der Waals surface area (Å²) in [7, 11) is -8.75. The molecule has 1 aliphatic rings. The van der Waals surface area contributed by atoms with Gasteiger partial charge in [-0.3, -0.25) is 0 Å². The van der Waals surface area contributed by atoms with Gasteiger partial charge >= 0.3 is 34.2 Å². The van der Waals surface area contributed by atoms with E-state index in [2.05, 4.69) is 52.8 Å². The lowest BCUT2D eigenvalue weighted by Crippen LogP contribution is -2.64. The molecule has 0 aromatic heterocycles. The van der Waals surface area contributed by atoms with E-state index in [0.717, 1.165) is 25.3 Å². The third kappa shape index (κ3) is 6.22. The molecule has 20 heavy (non-hydrogen) atoms. The molecule has 0 saturated carbocycles. The first-order valence-electron chi connectivity index (χ1n) is 7.49. The van der Waals surface area contributed by atoms with Crippen molar-refractivity contribution in [3.05, 3.63) is 6.92 Å². The summed E-state index contributed by atoms with van der Waals surface area (Å²) < 4.78 is 25.6. The number of rotatable bonds is 4. The lowest BCUT2D eigenvalue weighted by Gasteiger charge is -2.47. The Morgan fingerprint density at radius 1 is 0.650 bits per heavy atom. The molecule has 0 N–H and O–H groups in total. The highest BCUT2D eigenvalue weighted by Crippen LogP contribution is 2.33. The largest absolute Gasteiger partial charge is 0.416 e. The molecule has 1 rings (SSSR count). The van der Waals surface area contributed by atoms with E-state index in [1.165, 1.54) is 0 Å². The molecule has 0 atom stereocenters. The zero-order chi connectivity index (χ0) is 15.7. The normalized spacial score (nSPS) is 27.6. The fraction of sp³-hybridized carbons (Fsp3) is 0.917.